The Morgan fingerprint density at radius 2 is 1.90 bits per heavy atom. The van der Waals surface area contributed by atoms with E-state index in [0.29, 0.717) is 23.4 Å². The van der Waals surface area contributed by atoms with Crippen LogP contribution in [0.2, 0.25) is 0 Å². The van der Waals surface area contributed by atoms with E-state index in [2.05, 4.69) is 30.0 Å². The van der Waals surface area contributed by atoms with Crippen molar-refractivity contribution in [3.63, 3.8) is 0 Å². The maximum absolute atomic E-state index is 13.2. The van der Waals surface area contributed by atoms with E-state index in [0.717, 1.165) is 47.3 Å². The highest BCUT2D eigenvalue weighted by Gasteiger charge is 2.35. The largest absolute Gasteiger partial charge is 0.481 e. The minimum absolute atomic E-state index is 0.0915. The van der Waals surface area contributed by atoms with Crippen LogP contribution in [0.15, 0.2) is 61.2 Å². The minimum Gasteiger partial charge on any atom is -0.481 e. The molecule has 4 heterocycles. The number of allylic oxidation sites excluding steroid dienone is 1. The molecule has 0 aromatic carbocycles. The number of fused-ring (bicyclic) bond motifs is 1. The summed E-state index contributed by atoms with van der Waals surface area (Å²) in [6.07, 6.45) is 3.87. The van der Waals surface area contributed by atoms with Crippen LogP contribution in [0.4, 0.5) is 18.9 Å². The molecule has 0 atom stereocenters. The van der Waals surface area contributed by atoms with Gasteiger partial charge in [-0.3, -0.25) is 14.8 Å². The number of halogens is 3. The third-order valence-electron chi connectivity index (χ3n) is 6.06. The molecule has 194 valence electrons. The molecule has 0 radical (unpaired) electrons. The second-order valence-electron chi connectivity index (χ2n) is 8.70. The number of carbonyl (C=O) groups is 1. The summed E-state index contributed by atoms with van der Waals surface area (Å²) in [7, 11) is 1.09. The van der Waals surface area contributed by atoms with Gasteiger partial charge in [-0.05, 0) is 58.7 Å². The monoisotopic (exact) mass is 528 g/mol. The first-order valence-corrected chi connectivity index (χ1v) is 11.7. The number of rotatable bonds is 6. The van der Waals surface area contributed by atoms with Crippen LogP contribution in [-0.2, 0) is 23.8 Å². The Hall–Kier alpha value is -5.11. The number of anilines is 1. The zero-order valence-electron chi connectivity index (χ0n) is 20.5. The molecule has 4 aromatic heterocycles. The molecule has 1 aliphatic carbocycles. The van der Waals surface area contributed by atoms with Gasteiger partial charge in [-0.15, -0.1) is 0 Å². The molecule has 1 aliphatic rings. The quantitative estimate of drug-likeness (QED) is 0.370. The number of alkyl halides is 3. The predicted octanol–water partition coefficient (Wildman–Crippen LogP) is 5.11. The van der Waals surface area contributed by atoms with Gasteiger partial charge in [0.15, 0.2) is 0 Å². The van der Waals surface area contributed by atoms with Gasteiger partial charge in [-0.2, -0.15) is 18.4 Å². The van der Waals surface area contributed by atoms with Gasteiger partial charge in [0.05, 0.1) is 36.8 Å². The molecule has 0 fully saturated rings. The Kier molecular flexibility index (Phi) is 6.77. The first kappa shape index (κ1) is 25.5. The number of methoxy groups -OCH3 is 1. The molecule has 0 aliphatic heterocycles. The van der Waals surface area contributed by atoms with Crippen LogP contribution in [0.1, 0.15) is 33.6 Å². The van der Waals surface area contributed by atoms with Gasteiger partial charge < -0.3 is 10.1 Å². The van der Waals surface area contributed by atoms with Crippen LogP contribution in [0, 0.1) is 11.3 Å². The number of amides is 1. The summed E-state index contributed by atoms with van der Waals surface area (Å²) in [6.45, 7) is 0. The number of ether oxygens (including phenoxy) is 1. The lowest BCUT2D eigenvalue weighted by Gasteiger charge is -2.13. The van der Waals surface area contributed by atoms with E-state index < -0.39 is 23.5 Å². The van der Waals surface area contributed by atoms with Gasteiger partial charge in [0, 0.05) is 30.6 Å². The van der Waals surface area contributed by atoms with Crippen LogP contribution < -0.4 is 10.1 Å². The number of nitriles is 1. The highest BCUT2D eigenvalue weighted by molar-refractivity contribution is 5.92. The molecule has 0 spiro atoms. The standard InChI is InChI=1S/C28H19F3N6O2/c1-39-27-23(28(29,30)31)11-22(15-36-27)37-26(38)6-16-2-3-24(34-13-16)20-8-19-7-18(10-25(19)35-14-20)17-4-5-33-21(9-17)12-32/h2-5,7-9,11,13-15H,6,10H2,1H3,(H,37,38). The highest BCUT2D eigenvalue weighted by Crippen LogP contribution is 2.36. The fraction of sp³-hybridized carbons (Fsp3) is 0.143. The van der Waals surface area contributed by atoms with E-state index in [1.54, 1.807) is 30.6 Å². The van der Waals surface area contributed by atoms with Crippen molar-refractivity contribution >= 4 is 23.2 Å². The average Bonchev–Trinajstić information content (AvgIpc) is 3.36. The minimum atomic E-state index is -4.68. The van der Waals surface area contributed by atoms with Crippen LogP contribution in [-0.4, -0.2) is 33.0 Å². The summed E-state index contributed by atoms with van der Waals surface area (Å²) in [5.74, 6) is -1.09. The number of hydrogen-bond acceptors (Lipinski definition) is 7. The molecule has 5 rings (SSSR count). The van der Waals surface area contributed by atoms with Crippen LogP contribution in [0.5, 0.6) is 5.88 Å². The van der Waals surface area contributed by atoms with Crippen LogP contribution >= 0.6 is 0 Å². The first-order valence-electron chi connectivity index (χ1n) is 11.7. The van der Waals surface area contributed by atoms with Crippen molar-refractivity contribution < 1.29 is 22.7 Å². The number of aromatic nitrogens is 4. The van der Waals surface area contributed by atoms with E-state index in [9.17, 15) is 18.0 Å². The number of nitrogens with one attached hydrogen (secondary N) is 1. The zero-order chi connectivity index (χ0) is 27.6. The summed E-state index contributed by atoms with van der Waals surface area (Å²) >= 11 is 0. The first-order chi connectivity index (χ1) is 18.7. The fourth-order valence-electron chi connectivity index (χ4n) is 4.20. The molecule has 1 amide bonds. The van der Waals surface area contributed by atoms with Gasteiger partial charge >= 0.3 is 6.18 Å². The number of pyridine rings is 4. The van der Waals surface area contributed by atoms with Crippen molar-refractivity contribution in [3.05, 3.63) is 94.8 Å². The topological polar surface area (TPSA) is 114 Å². The lowest BCUT2D eigenvalue weighted by atomic mass is 10.1. The molecule has 11 heteroatoms. The maximum Gasteiger partial charge on any atom is 0.421 e. The van der Waals surface area contributed by atoms with Crippen molar-refractivity contribution in [1.29, 1.82) is 5.26 Å². The number of hydrogen-bond donors (Lipinski definition) is 1. The maximum atomic E-state index is 13.2. The van der Waals surface area contributed by atoms with Gasteiger partial charge in [0.25, 0.3) is 0 Å². The number of carbonyl (C=O) groups excluding carboxylic acids is 1. The molecule has 0 bridgehead atoms. The Balaban J connectivity index is 1.27. The number of nitrogens with zero attached hydrogens (tertiary/aromatic N) is 5. The summed E-state index contributed by atoms with van der Waals surface area (Å²) in [5, 5.41) is 11.5. The molecule has 1 N–H and O–H groups in total. The van der Waals surface area contributed by atoms with E-state index in [1.807, 2.05) is 24.3 Å². The molecular weight excluding hydrogens is 509 g/mol. The van der Waals surface area contributed by atoms with Gasteiger partial charge in [0.1, 0.15) is 17.3 Å². The zero-order valence-corrected chi connectivity index (χ0v) is 20.5. The highest BCUT2D eigenvalue weighted by atomic mass is 19.4. The SMILES string of the molecule is COc1ncc(NC(=O)Cc2ccc(-c3cnc4c(c3)C=C(c3ccnc(C#N)c3)C4)nc2)cc1C(F)(F)F. The lowest BCUT2D eigenvalue weighted by Crippen LogP contribution is -2.16. The third-order valence-corrected chi connectivity index (χ3v) is 6.06. The van der Waals surface area contributed by atoms with Gasteiger partial charge in [0.2, 0.25) is 11.8 Å². The Labute approximate surface area is 220 Å². The van der Waals surface area contributed by atoms with Gasteiger partial charge in [-0.25, -0.2) is 9.97 Å². The second kappa shape index (κ2) is 10.3. The normalized spacial score (nSPS) is 12.3. The Morgan fingerprint density at radius 1 is 1.05 bits per heavy atom. The smallest absolute Gasteiger partial charge is 0.421 e. The third kappa shape index (κ3) is 5.60. The Bertz CT molecular complexity index is 1640. The Morgan fingerprint density at radius 3 is 2.62 bits per heavy atom. The molecule has 39 heavy (non-hydrogen) atoms. The molecular formula is C28H19F3N6O2. The van der Waals surface area contributed by atoms with E-state index in [1.165, 1.54) is 6.20 Å². The van der Waals surface area contributed by atoms with E-state index in [4.69, 9.17) is 5.26 Å². The summed E-state index contributed by atoms with van der Waals surface area (Å²) in [5.41, 5.74) is 5.03. The second-order valence-corrected chi connectivity index (χ2v) is 8.70. The van der Waals surface area contributed by atoms with Crippen molar-refractivity contribution in [2.24, 2.45) is 0 Å². The average molecular weight is 528 g/mol. The van der Waals surface area contributed by atoms with Gasteiger partial charge in [-0.1, -0.05) is 6.07 Å². The lowest BCUT2D eigenvalue weighted by molar-refractivity contribution is -0.139. The molecule has 4 aromatic rings. The van der Waals surface area contributed by atoms with E-state index in [-0.39, 0.29) is 12.1 Å². The molecule has 8 nitrogen and oxygen atoms in total. The molecule has 0 saturated heterocycles. The van der Waals surface area contributed by atoms with Crippen LogP contribution in [0.3, 0.4) is 0 Å². The van der Waals surface area contributed by atoms with E-state index >= 15 is 0 Å². The van der Waals surface area contributed by atoms with Crippen LogP contribution in [0.25, 0.3) is 22.9 Å². The summed E-state index contributed by atoms with van der Waals surface area (Å²) in [4.78, 5) is 29.1. The predicted molar refractivity (Wildman–Crippen MR) is 136 cm³/mol. The van der Waals surface area contributed by atoms with Crippen molar-refractivity contribution in [2.75, 3.05) is 12.4 Å². The molecule has 0 saturated carbocycles. The fourth-order valence-corrected chi connectivity index (χ4v) is 4.20. The molecule has 0 unspecified atom stereocenters. The van der Waals surface area contributed by atoms with Crippen molar-refractivity contribution in [2.45, 2.75) is 19.0 Å². The van der Waals surface area contributed by atoms with Crippen molar-refractivity contribution in [3.8, 4) is 23.2 Å². The van der Waals surface area contributed by atoms with Crippen molar-refractivity contribution in [1.82, 2.24) is 19.9 Å². The summed E-state index contributed by atoms with van der Waals surface area (Å²) in [6, 6.07) is 11.9. The summed E-state index contributed by atoms with van der Waals surface area (Å²) < 4.78 is 44.3.